The van der Waals surface area contributed by atoms with E-state index in [-0.39, 0.29) is 23.5 Å². The Labute approximate surface area is 182 Å². The van der Waals surface area contributed by atoms with Gasteiger partial charge in [0.1, 0.15) is 11.6 Å². The van der Waals surface area contributed by atoms with E-state index in [0.717, 1.165) is 15.8 Å². The molecular formula is C21H20BrN3O4S. The quantitative estimate of drug-likeness (QED) is 0.594. The molecule has 1 N–H and O–H groups in total. The van der Waals surface area contributed by atoms with Crippen LogP contribution < -0.4 is 10.3 Å². The van der Waals surface area contributed by atoms with Gasteiger partial charge in [-0.1, -0.05) is 28.1 Å². The number of fused-ring (bicyclic) bond motifs is 1. The second-order valence-corrected chi connectivity index (χ2v) is 9.86. The number of hydrogen-bond donors (Lipinski definition) is 1. The van der Waals surface area contributed by atoms with Gasteiger partial charge in [-0.2, -0.15) is 4.31 Å². The molecule has 156 valence electrons. The van der Waals surface area contributed by atoms with Crippen LogP contribution in [0.1, 0.15) is 22.6 Å². The Balaban J connectivity index is 1.57. The fraction of sp³-hybridized carbons (Fsp3) is 0.238. The molecule has 2 aromatic carbocycles. The first-order valence-corrected chi connectivity index (χ1v) is 11.6. The summed E-state index contributed by atoms with van der Waals surface area (Å²) in [5.41, 5.74) is 1.76. The van der Waals surface area contributed by atoms with Gasteiger partial charge < -0.3 is 9.72 Å². The number of nitrogens with one attached hydrogen (secondary N) is 1. The minimum absolute atomic E-state index is 0.0128. The largest absolute Gasteiger partial charge is 0.497 e. The van der Waals surface area contributed by atoms with E-state index in [4.69, 9.17) is 4.74 Å². The van der Waals surface area contributed by atoms with E-state index in [1.54, 1.807) is 31.4 Å². The van der Waals surface area contributed by atoms with E-state index in [9.17, 15) is 13.2 Å². The average Bonchev–Trinajstić information content (AvgIpc) is 2.74. The third-order valence-electron chi connectivity index (χ3n) is 5.06. The molecule has 0 bridgehead atoms. The number of aromatic amines is 1. The number of rotatable bonds is 5. The molecule has 0 aliphatic carbocycles. The van der Waals surface area contributed by atoms with Crippen LogP contribution in [0.5, 0.6) is 5.75 Å². The number of nitrogens with zero attached hydrogens (tertiary/aromatic N) is 2. The Morgan fingerprint density at radius 2 is 1.83 bits per heavy atom. The standard InChI is InChI=1S/C21H20BrN3O4S/c1-29-16-6-2-14(3-7-16)12-20-23-19-10-11-25(13-18(19)21(26)24-20)30(27,28)17-8-4-15(22)5-9-17/h2-9H,10-13H2,1H3,(H,23,24,26). The Morgan fingerprint density at radius 3 is 2.50 bits per heavy atom. The maximum absolute atomic E-state index is 12.9. The molecule has 0 amide bonds. The lowest BCUT2D eigenvalue weighted by Crippen LogP contribution is -2.39. The molecule has 0 atom stereocenters. The van der Waals surface area contributed by atoms with Crippen LogP contribution in [-0.2, 0) is 29.4 Å². The van der Waals surface area contributed by atoms with Crippen LogP contribution in [0.2, 0.25) is 0 Å². The van der Waals surface area contributed by atoms with Crippen molar-refractivity contribution in [3.8, 4) is 5.75 Å². The van der Waals surface area contributed by atoms with Crippen LogP contribution in [0.15, 0.2) is 62.7 Å². The minimum atomic E-state index is -3.68. The Bertz CT molecular complexity index is 1220. The second-order valence-electron chi connectivity index (χ2n) is 7.01. The van der Waals surface area contributed by atoms with Gasteiger partial charge in [-0.05, 0) is 42.0 Å². The Kier molecular flexibility index (Phi) is 5.77. The third-order valence-corrected chi connectivity index (χ3v) is 7.45. The van der Waals surface area contributed by atoms with E-state index in [0.29, 0.717) is 29.9 Å². The first kappa shape index (κ1) is 20.8. The molecule has 4 rings (SSSR count). The molecule has 7 nitrogen and oxygen atoms in total. The van der Waals surface area contributed by atoms with Crippen molar-refractivity contribution in [2.45, 2.75) is 24.3 Å². The highest BCUT2D eigenvalue weighted by molar-refractivity contribution is 9.10. The van der Waals surface area contributed by atoms with Crippen LogP contribution in [0.25, 0.3) is 0 Å². The summed E-state index contributed by atoms with van der Waals surface area (Å²) in [7, 11) is -2.07. The topological polar surface area (TPSA) is 92.4 Å². The number of sulfonamides is 1. The third kappa shape index (κ3) is 4.19. The van der Waals surface area contributed by atoms with Gasteiger partial charge in [-0.25, -0.2) is 13.4 Å². The molecule has 0 radical (unpaired) electrons. The van der Waals surface area contributed by atoms with Crippen molar-refractivity contribution >= 4 is 26.0 Å². The molecule has 0 unspecified atom stereocenters. The molecule has 30 heavy (non-hydrogen) atoms. The first-order chi connectivity index (χ1) is 14.4. The zero-order valence-corrected chi connectivity index (χ0v) is 18.7. The summed E-state index contributed by atoms with van der Waals surface area (Å²) >= 11 is 3.31. The first-order valence-electron chi connectivity index (χ1n) is 9.36. The number of H-pyrrole nitrogens is 1. The van der Waals surface area contributed by atoms with Crippen LogP contribution in [0, 0.1) is 0 Å². The van der Waals surface area contributed by atoms with Crippen molar-refractivity contribution in [3.63, 3.8) is 0 Å². The molecule has 0 spiro atoms. The van der Waals surface area contributed by atoms with Crippen LogP contribution in [-0.4, -0.2) is 36.3 Å². The lowest BCUT2D eigenvalue weighted by Gasteiger charge is -2.27. The number of ether oxygens (including phenoxy) is 1. The molecule has 1 aromatic heterocycles. The molecule has 3 aromatic rings. The maximum atomic E-state index is 12.9. The summed E-state index contributed by atoms with van der Waals surface area (Å²) in [4.78, 5) is 20.3. The molecule has 0 saturated carbocycles. The fourth-order valence-corrected chi connectivity index (χ4v) is 5.11. The van der Waals surface area contributed by atoms with Gasteiger partial charge >= 0.3 is 0 Å². The zero-order chi connectivity index (χ0) is 21.3. The SMILES string of the molecule is COc1ccc(Cc2nc3c(c(=O)[nH]2)CN(S(=O)(=O)c2ccc(Br)cc2)CC3)cc1. The van der Waals surface area contributed by atoms with Crippen molar-refractivity contribution in [2.24, 2.45) is 0 Å². The van der Waals surface area contributed by atoms with Gasteiger partial charge in [-0.3, -0.25) is 4.79 Å². The fourth-order valence-electron chi connectivity index (χ4n) is 3.43. The summed E-state index contributed by atoms with van der Waals surface area (Å²) in [5, 5.41) is 0. The molecule has 0 saturated heterocycles. The summed E-state index contributed by atoms with van der Waals surface area (Å²) in [6, 6.07) is 14.0. The lowest BCUT2D eigenvalue weighted by atomic mass is 10.1. The molecule has 0 fully saturated rings. The Morgan fingerprint density at radius 1 is 1.13 bits per heavy atom. The van der Waals surface area contributed by atoms with Crippen molar-refractivity contribution in [2.75, 3.05) is 13.7 Å². The van der Waals surface area contributed by atoms with E-state index in [1.807, 2.05) is 24.3 Å². The van der Waals surface area contributed by atoms with E-state index in [2.05, 4.69) is 25.9 Å². The number of halogens is 1. The number of benzene rings is 2. The van der Waals surface area contributed by atoms with Crippen LogP contribution >= 0.6 is 15.9 Å². The van der Waals surface area contributed by atoms with Crippen molar-refractivity contribution < 1.29 is 13.2 Å². The monoisotopic (exact) mass is 489 g/mol. The van der Waals surface area contributed by atoms with Gasteiger partial charge in [0.25, 0.3) is 5.56 Å². The zero-order valence-electron chi connectivity index (χ0n) is 16.3. The summed E-state index contributed by atoms with van der Waals surface area (Å²) in [6.45, 7) is 0.294. The highest BCUT2D eigenvalue weighted by Gasteiger charge is 2.30. The van der Waals surface area contributed by atoms with Crippen molar-refractivity contribution in [3.05, 3.63) is 86.0 Å². The summed E-state index contributed by atoms with van der Waals surface area (Å²) in [6.07, 6.45) is 0.873. The van der Waals surface area contributed by atoms with E-state index < -0.39 is 10.0 Å². The molecular weight excluding hydrogens is 470 g/mol. The smallest absolute Gasteiger partial charge is 0.255 e. The van der Waals surface area contributed by atoms with Gasteiger partial charge in [0.05, 0.1) is 23.3 Å². The molecule has 2 heterocycles. The maximum Gasteiger partial charge on any atom is 0.255 e. The van der Waals surface area contributed by atoms with Gasteiger partial charge in [0.2, 0.25) is 10.0 Å². The van der Waals surface area contributed by atoms with Crippen LogP contribution in [0.4, 0.5) is 0 Å². The number of aromatic nitrogens is 2. The van der Waals surface area contributed by atoms with Gasteiger partial charge in [0.15, 0.2) is 0 Å². The van der Waals surface area contributed by atoms with Crippen molar-refractivity contribution in [1.82, 2.24) is 14.3 Å². The predicted octanol–water partition coefficient (Wildman–Crippen LogP) is 2.88. The number of methoxy groups -OCH3 is 1. The highest BCUT2D eigenvalue weighted by atomic mass is 79.9. The molecule has 1 aliphatic heterocycles. The van der Waals surface area contributed by atoms with Crippen molar-refractivity contribution in [1.29, 1.82) is 0 Å². The normalized spacial score (nSPS) is 14.3. The molecule has 1 aliphatic rings. The van der Waals surface area contributed by atoms with Crippen LogP contribution in [0.3, 0.4) is 0 Å². The van der Waals surface area contributed by atoms with E-state index in [1.165, 1.54) is 4.31 Å². The minimum Gasteiger partial charge on any atom is -0.497 e. The van der Waals surface area contributed by atoms with Gasteiger partial charge in [-0.15, -0.1) is 0 Å². The lowest BCUT2D eigenvalue weighted by molar-refractivity contribution is 0.384. The number of hydrogen-bond acceptors (Lipinski definition) is 5. The second kappa shape index (κ2) is 8.33. The summed E-state index contributed by atoms with van der Waals surface area (Å²) in [5.74, 6) is 1.32. The average molecular weight is 490 g/mol. The predicted molar refractivity (Wildman–Crippen MR) is 116 cm³/mol. The highest BCUT2D eigenvalue weighted by Crippen LogP contribution is 2.24. The molecule has 9 heteroatoms. The van der Waals surface area contributed by atoms with Gasteiger partial charge in [0, 0.05) is 30.4 Å². The van der Waals surface area contributed by atoms with E-state index >= 15 is 0 Å². The summed E-state index contributed by atoms with van der Waals surface area (Å²) < 4.78 is 33.2. The Hall–Kier alpha value is -2.49.